The Kier molecular flexibility index (Phi) is 2.90. The highest BCUT2D eigenvalue weighted by Gasteiger charge is 2.20. The van der Waals surface area contributed by atoms with E-state index in [9.17, 15) is 18.0 Å². The van der Waals surface area contributed by atoms with Crippen LogP contribution in [0.15, 0.2) is 6.07 Å². The molecule has 0 aliphatic heterocycles. The van der Waals surface area contributed by atoms with Crippen molar-refractivity contribution in [3.05, 3.63) is 28.8 Å². The van der Waals surface area contributed by atoms with Gasteiger partial charge in [0.2, 0.25) is 0 Å². The van der Waals surface area contributed by atoms with Crippen LogP contribution in [0.2, 0.25) is 0 Å². The van der Waals surface area contributed by atoms with Crippen molar-refractivity contribution in [1.82, 2.24) is 4.98 Å². The average Bonchev–Trinajstić information content (AvgIpc) is 2.16. The first-order chi connectivity index (χ1) is 6.97. The Bertz CT molecular complexity index is 453. The van der Waals surface area contributed by atoms with E-state index in [0.29, 0.717) is 6.07 Å². The number of carbonyl (C=O) groups excluding carboxylic acids is 1. The summed E-state index contributed by atoms with van der Waals surface area (Å²) in [6.07, 6.45) is -3.04. The van der Waals surface area contributed by atoms with E-state index in [0.717, 1.165) is 0 Å². The molecule has 1 aromatic heterocycles. The van der Waals surface area contributed by atoms with Crippen molar-refractivity contribution in [2.24, 2.45) is 5.73 Å². The molecule has 1 heterocycles. The predicted octanol–water partition coefficient (Wildman–Crippen LogP) is 1.13. The minimum atomic E-state index is -3.04. The highest BCUT2D eigenvalue weighted by Crippen LogP contribution is 2.23. The Morgan fingerprint density at radius 3 is 2.60 bits per heavy atom. The van der Waals surface area contributed by atoms with Crippen molar-refractivity contribution >= 4 is 5.91 Å². The number of pyridine rings is 1. The highest BCUT2D eigenvalue weighted by molar-refractivity contribution is 5.91. The van der Waals surface area contributed by atoms with Gasteiger partial charge in [0, 0.05) is 0 Å². The lowest BCUT2D eigenvalue weighted by molar-refractivity contribution is 0.0990. The summed E-state index contributed by atoms with van der Waals surface area (Å²) in [6, 6.07) is 1.72. The van der Waals surface area contributed by atoms with Crippen LogP contribution in [0.3, 0.4) is 0 Å². The van der Waals surface area contributed by atoms with E-state index >= 15 is 0 Å². The number of rotatable bonds is 2. The van der Waals surface area contributed by atoms with Crippen LogP contribution in [0.5, 0.6) is 0 Å². The number of hydrogen-bond acceptors (Lipinski definition) is 3. The number of amides is 1. The van der Waals surface area contributed by atoms with Crippen LogP contribution >= 0.6 is 0 Å². The lowest BCUT2D eigenvalue weighted by Gasteiger charge is -2.04. The van der Waals surface area contributed by atoms with Gasteiger partial charge >= 0.3 is 0 Å². The van der Waals surface area contributed by atoms with Gasteiger partial charge in [-0.05, 0) is 6.07 Å². The van der Waals surface area contributed by atoms with Crippen LogP contribution in [0.1, 0.15) is 28.2 Å². The van der Waals surface area contributed by atoms with E-state index in [4.69, 9.17) is 11.0 Å². The van der Waals surface area contributed by atoms with Crippen molar-refractivity contribution in [1.29, 1.82) is 5.26 Å². The van der Waals surface area contributed by atoms with E-state index in [1.54, 1.807) is 0 Å². The fourth-order valence-corrected chi connectivity index (χ4v) is 0.932. The molecule has 0 fully saturated rings. The zero-order valence-corrected chi connectivity index (χ0v) is 7.17. The first-order valence-electron chi connectivity index (χ1n) is 3.66. The SMILES string of the molecule is N#Cc1nc(C(N)=O)c(F)cc1C(F)F. The number of nitrogens with zero attached hydrogens (tertiary/aromatic N) is 2. The molecule has 1 amide bonds. The number of nitrogens with two attached hydrogens (primary N) is 1. The molecule has 0 unspecified atom stereocenters. The van der Waals surface area contributed by atoms with Crippen LogP contribution in [-0.2, 0) is 0 Å². The van der Waals surface area contributed by atoms with Gasteiger partial charge in [0.25, 0.3) is 12.3 Å². The third-order valence-electron chi connectivity index (χ3n) is 1.58. The zero-order valence-electron chi connectivity index (χ0n) is 7.17. The van der Waals surface area contributed by atoms with E-state index in [-0.39, 0.29) is 0 Å². The van der Waals surface area contributed by atoms with E-state index in [1.807, 2.05) is 0 Å². The second kappa shape index (κ2) is 3.96. The molecular formula is C8H4F3N3O. The van der Waals surface area contributed by atoms with Crippen LogP contribution in [0.4, 0.5) is 13.2 Å². The Labute approximate surface area is 82.1 Å². The second-order valence-corrected chi connectivity index (χ2v) is 2.53. The van der Waals surface area contributed by atoms with Crippen molar-refractivity contribution in [2.45, 2.75) is 6.43 Å². The van der Waals surface area contributed by atoms with Crippen LogP contribution in [-0.4, -0.2) is 10.9 Å². The smallest absolute Gasteiger partial charge is 0.270 e. The number of primary amides is 1. The van der Waals surface area contributed by atoms with Crippen molar-refractivity contribution < 1.29 is 18.0 Å². The number of halogens is 3. The van der Waals surface area contributed by atoms with Crippen molar-refractivity contribution in [3.63, 3.8) is 0 Å². The third kappa shape index (κ3) is 2.04. The molecule has 78 valence electrons. The quantitative estimate of drug-likeness (QED) is 0.802. The van der Waals surface area contributed by atoms with Gasteiger partial charge in [0.15, 0.2) is 17.2 Å². The van der Waals surface area contributed by atoms with Gasteiger partial charge in [-0.3, -0.25) is 4.79 Å². The molecule has 0 aliphatic carbocycles. The van der Waals surface area contributed by atoms with Gasteiger partial charge < -0.3 is 5.73 Å². The van der Waals surface area contributed by atoms with Crippen molar-refractivity contribution in [2.75, 3.05) is 0 Å². The summed E-state index contributed by atoms with van der Waals surface area (Å²) in [5.74, 6) is -2.48. The first-order valence-corrected chi connectivity index (χ1v) is 3.66. The lowest BCUT2D eigenvalue weighted by atomic mass is 10.1. The lowest BCUT2D eigenvalue weighted by Crippen LogP contribution is -2.17. The predicted molar refractivity (Wildman–Crippen MR) is 42.4 cm³/mol. The fourth-order valence-electron chi connectivity index (χ4n) is 0.932. The molecule has 2 N–H and O–H groups in total. The minimum absolute atomic E-state index is 0.385. The molecule has 0 atom stereocenters. The second-order valence-electron chi connectivity index (χ2n) is 2.53. The Hall–Kier alpha value is -2.10. The number of hydrogen-bond donors (Lipinski definition) is 1. The normalized spacial score (nSPS) is 10.1. The Morgan fingerprint density at radius 2 is 2.20 bits per heavy atom. The van der Waals surface area contributed by atoms with E-state index in [1.165, 1.54) is 6.07 Å². The summed E-state index contributed by atoms with van der Waals surface area (Å²) < 4.78 is 37.5. The van der Waals surface area contributed by atoms with Gasteiger partial charge in [-0.2, -0.15) is 5.26 Å². The Morgan fingerprint density at radius 1 is 1.60 bits per heavy atom. The van der Waals surface area contributed by atoms with Gasteiger partial charge in [0.05, 0.1) is 5.56 Å². The summed E-state index contributed by atoms with van der Waals surface area (Å²) in [4.78, 5) is 13.7. The molecular weight excluding hydrogens is 211 g/mol. The van der Waals surface area contributed by atoms with E-state index < -0.39 is 35.1 Å². The summed E-state index contributed by atoms with van der Waals surface area (Å²) >= 11 is 0. The van der Waals surface area contributed by atoms with Gasteiger partial charge in [0.1, 0.15) is 6.07 Å². The topological polar surface area (TPSA) is 79.8 Å². The maximum atomic E-state index is 13.0. The summed E-state index contributed by atoms with van der Waals surface area (Å²) in [7, 11) is 0. The number of carbonyl (C=O) groups is 1. The summed E-state index contributed by atoms with van der Waals surface area (Å²) in [5.41, 5.74) is 2.33. The maximum Gasteiger partial charge on any atom is 0.270 e. The number of nitriles is 1. The van der Waals surface area contributed by atoms with Gasteiger partial charge in [-0.1, -0.05) is 0 Å². The highest BCUT2D eigenvalue weighted by atomic mass is 19.3. The molecule has 4 nitrogen and oxygen atoms in total. The van der Waals surface area contributed by atoms with Crippen LogP contribution in [0, 0.1) is 17.1 Å². The molecule has 0 aliphatic rings. The standard InChI is InChI=1S/C8H4F3N3O/c9-4-1-3(7(10)11)5(2-12)14-6(4)8(13)15/h1,7H,(H2,13,15). The van der Waals surface area contributed by atoms with Crippen molar-refractivity contribution in [3.8, 4) is 6.07 Å². The molecule has 0 bridgehead atoms. The molecule has 7 heteroatoms. The summed E-state index contributed by atoms with van der Waals surface area (Å²) in [6.45, 7) is 0. The molecule has 15 heavy (non-hydrogen) atoms. The van der Waals surface area contributed by atoms with Crippen LogP contribution < -0.4 is 5.73 Å². The van der Waals surface area contributed by atoms with Gasteiger partial charge in [-0.15, -0.1) is 0 Å². The molecule has 1 rings (SSSR count). The fraction of sp³-hybridized carbons (Fsp3) is 0.125. The molecule has 0 spiro atoms. The molecule has 0 aromatic carbocycles. The Balaban J connectivity index is 3.44. The third-order valence-corrected chi connectivity index (χ3v) is 1.58. The van der Waals surface area contributed by atoms with E-state index in [2.05, 4.69) is 4.98 Å². The zero-order chi connectivity index (χ0) is 11.6. The average molecular weight is 215 g/mol. The molecule has 0 radical (unpaired) electrons. The largest absolute Gasteiger partial charge is 0.364 e. The minimum Gasteiger partial charge on any atom is -0.364 e. The van der Waals surface area contributed by atoms with Gasteiger partial charge in [-0.25, -0.2) is 18.2 Å². The first kappa shape index (κ1) is 11.0. The van der Waals surface area contributed by atoms with Crippen LogP contribution in [0.25, 0.3) is 0 Å². The number of aromatic nitrogens is 1. The molecule has 1 aromatic rings. The maximum absolute atomic E-state index is 13.0. The summed E-state index contributed by atoms with van der Waals surface area (Å²) in [5, 5.41) is 8.44. The monoisotopic (exact) mass is 215 g/mol. The molecule has 0 saturated heterocycles. The molecule has 0 saturated carbocycles. The number of alkyl halides is 2.